The molecule has 5 nitrogen and oxygen atoms in total. The third-order valence-corrected chi connectivity index (χ3v) is 6.36. The van der Waals surface area contributed by atoms with Gasteiger partial charge in [-0.25, -0.2) is 13.6 Å². The lowest BCUT2D eigenvalue weighted by atomic mass is 9.81. The van der Waals surface area contributed by atoms with Crippen LogP contribution in [0.4, 0.5) is 13.8 Å². The third kappa shape index (κ3) is 4.04. The van der Waals surface area contributed by atoms with E-state index in [0.717, 1.165) is 22.6 Å². The molecule has 0 fully saturated rings. The summed E-state index contributed by atoms with van der Waals surface area (Å²) in [5, 5.41) is 5.02. The Morgan fingerprint density at radius 2 is 1.79 bits per heavy atom. The quantitative estimate of drug-likeness (QED) is 0.739. The number of nitrogens with two attached hydrogens (primary N) is 1. The molecule has 2 aromatic rings. The van der Waals surface area contributed by atoms with Gasteiger partial charge in [-0.15, -0.1) is 11.3 Å². The zero-order chi connectivity index (χ0) is 21.6. The van der Waals surface area contributed by atoms with Crippen molar-refractivity contribution in [2.75, 3.05) is 11.9 Å². The molecule has 3 rings (SSSR count). The van der Waals surface area contributed by atoms with Crippen LogP contribution in [0.25, 0.3) is 0 Å². The van der Waals surface area contributed by atoms with Crippen LogP contribution in [0.3, 0.4) is 0 Å². The van der Waals surface area contributed by atoms with Crippen LogP contribution in [0.2, 0.25) is 0 Å². The fourth-order valence-corrected chi connectivity index (χ4v) is 5.37. The topological polar surface area (TPSA) is 72.0 Å². The van der Waals surface area contributed by atoms with Crippen LogP contribution < -0.4 is 10.6 Å². The number of thiophene rings is 1. The van der Waals surface area contributed by atoms with Crippen LogP contribution in [0, 0.1) is 11.6 Å². The molecule has 1 aromatic heterocycles. The number of quaternary nitrogens is 1. The van der Waals surface area contributed by atoms with Gasteiger partial charge in [-0.1, -0.05) is 6.07 Å². The summed E-state index contributed by atoms with van der Waals surface area (Å²) in [6.45, 7) is 10.1. The van der Waals surface area contributed by atoms with Crippen LogP contribution in [0.1, 0.15) is 65.8 Å². The normalized spacial score (nSPS) is 16.8. The van der Waals surface area contributed by atoms with E-state index in [4.69, 9.17) is 4.74 Å². The van der Waals surface area contributed by atoms with Gasteiger partial charge in [0.2, 0.25) is 0 Å². The standard InChI is InChI=1S/C21H24F2N2O3S/c1-6-28-19(27)14-11-10-20(2,3)25-21(4,5)16(11)29-18(14)24-17(26)15-12(22)8-7-9-13(15)23/h7-9,25H,6,10H2,1-5H3,(H,24,26)/p+1. The summed E-state index contributed by atoms with van der Waals surface area (Å²) in [6, 6.07) is 3.23. The van der Waals surface area contributed by atoms with Gasteiger partial charge in [0.25, 0.3) is 5.91 Å². The first-order valence-electron chi connectivity index (χ1n) is 9.42. The molecule has 29 heavy (non-hydrogen) atoms. The number of esters is 1. The van der Waals surface area contributed by atoms with Gasteiger partial charge in [-0.3, -0.25) is 4.79 Å². The summed E-state index contributed by atoms with van der Waals surface area (Å²) in [4.78, 5) is 26.3. The van der Waals surface area contributed by atoms with Gasteiger partial charge in [0.05, 0.1) is 22.6 Å². The van der Waals surface area contributed by atoms with E-state index in [-0.39, 0.29) is 28.2 Å². The molecule has 0 saturated heterocycles. The lowest BCUT2D eigenvalue weighted by molar-refractivity contribution is -0.789. The number of benzene rings is 1. The molecule has 1 aromatic carbocycles. The Labute approximate surface area is 172 Å². The number of carbonyl (C=O) groups excluding carboxylic acids is 2. The van der Waals surface area contributed by atoms with Crippen LogP contribution in [0.15, 0.2) is 18.2 Å². The number of rotatable bonds is 4. The zero-order valence-corrected chi connectivity index (χ0v) is 17.9. The number of ether oxygens (including phenoxy) is 1. The zero-order valence-electron chi connectivity index (χ0n) is 17.1. The predicted octanol–water partition coefficient (Wildman–Crippen LogP) is 3.59. The lowest BCUT2D eigenvalue weighted by Crippen LogP contribution is -3.03. The highest BCUT2D eigenvalue weighted by atomic mass is 32.1. The van der Waals surface area contributed by atoms with E-state index in [9.17, 15) is 18.4 Å². The van der Waals surface area contributed by atoms with Crippen LogP contribution in [-0.2, 0) is 16.7 Å². The first kappa shape index (κ1) is 21.4. The molecule has 0 aliphatic carbocycles. The fraction of sp³-hybridized carbons (Fsp3) is 0.429. The monoisotopic (exact) mass is 423 g/mol. The number of halogens is 2. The van der Waals surface area contributed by atoms with Crippen molar-refractivity contribution in [1.29, 1.82) is 0 Å². The van der Waals surface area contributed by atoms with E-state index in [1.165, 1.54) is 17.4 Å². The van der Waals surface area contributed by atoms with Crippen LogP contribution >= 0.6 is 11.3 Å². The minimum atomic E-state index is -0.962. The minimum Gasteiger partial charge on any atom is -0.462 e. The summed E-state index contributed by atoms with van der Waals surface area (Å²) in [6.07, 6.45) is 0.598. The summed E-state index contributed by atoms with van der Waals surface area (Å²) in [5.74, 6) is -3.42. The van der Waals surface area contributed by atoms with Crippen LogP contribution in [-0.4, -0.2) is 24.0 Å². The molecule has 0 radical (unpaired) electrons. The average Bonchev–Trinajstić information content (AvgIpc) is 2.91. The van der Waals surface area contributed by atoms with E-state index in [1.54, 1.807) is 6.92 Å². The van der Waals surface area contributed by atoms with Gasteiger partial charge in [0.15, 0.2) is 0 Å². The Kier molecular flexibility index (Phi) is 5.53. The Morgan fingerprint density at radius 3 is 2.38 bits per heavy atom. The summed E-state index contributed by atoms with van der Waals surface area (Å²) < 4.78 is 33.3. The molecule has 1 aliphatic heterocycles. The maximum absolute atomic E-state index is 14.0. The van der Waals surface area contributed by atoms with E-state index in [1.807, 2.05) is 13.8 Å². The maximum Gasteiger partial charge on any atom is 0.341 e. The van der Waals surface area contributed by atoms with E-state index < -0.39 is 29.1 Å². The molecule has 0 spiro atoms. The fourth-order valence-electron chi connectivity index (χ4n) is 4.09. The third-order valence-electron chi connectivity index (χ3n) is 4.87. The highest BCUT2D eigenvalue weighted by molar-refractivity contribution is 7.17. The summed E-state index contributed by atoms with van der Waals surface area (Å²) >= 11 is 1.25. The molecule has 8 heteroatoms. The van der Waals surface area contributed by atoms with Crippen molar-refractivity contribution in [3.8, 4) is 0 Å². The average molecular weight is 424 g/mol. The Bertz CT molecular complexity index is 962. The van der Waals surface area contributed by atoms with Gasteiger partial charge in [0, 0.05) is 6.42 Å². The van der Waals surface area contributed by atoms with Gasteiger partial charge >= 0.3 is 5.97 Å². The number of nitrogens with one attached hydrogen (secondary N) is 1. The Hall–Kier alpha value is -2.32. The van der Waals surface area contributed by atoms with Crippen molar-refractivity contribution in [2.45, 2.75) is 52.1 Å². The van der Waals surface area contributed by atoms with E-state index in [2.05, 4.69) is 24.5 Å². The van der Waals surface area contributed by atoms with Crippen molar-refractivity contribution in [2.24, 2.45) is 0 Å². The number of anilines is 1. The first-order valence-corrected chi connectivity index (χ1v) is 10.2. The Morgan fingerprint density at radius 1 is 1.17 bits per heavy atom. The predicted molar refractivity (Wildman–Crippen MR) is 107 cm³/mol. The van der Waals surface area contributed by atoms with Gasteiger partial charge in [-0.05, 0) is 52.3 Å². The second-order valence-electron chi connectivity index (χ2n) is 8.42. The maximum atomic E-state index is 14.0. The molecule has 1 aliphatic rings. The molecule has 3 N–H and O–H groups in total. The largest absolute Gasteiger partial charge is 0.462 e. The highest BCUT2D eigenvalue weighted by Crippen LogP contribution is 2.42. The van der Waals surface area contributed by atoms with Gasteiger partial charge in [-0.2, -0.15) is 0 Å². The highest BCUT2D eigenvalue weighted by Gasteiger charge is 2.45. The SMILES string of the molecule is CCOC(=O)c1c(NC(=O)c2c(F)cccc2F)sc2c1CC(C)(C)[NH2+]C2(C)C. The van der Waals surface area contributed by atoms with Crippen molar-refractivity contribution in [3.63, 3.8) is 0 Å². The minimum absolute atomic E-state index is 0.169. The molecule has 156 valence electrons. The molecular weight excluding hydrogens is 398 g/mol. The molecule has 2 heterocycles. The van der Waals surface area contributed by atoms with Crippen molar-refractivity contribution in [3.05, 3.63) is 51.4 Å². The van der Waals surface area contributed by atoms with Crippen molar-refractivity contribution in [1.82, 2.24) is 0 Å². The van der Waals surface area contributed by atoms with Crippen molar-refractivity contribution >= 4 is 28.2 Å². The molecule has 0 bridgehead atoms. The molecular formula is C21H25F2N2O3S+. The molecule has 0 atom stereocenters. The summed E-state index contributed by atoms with van der Waals surface area (Å²) in [7, 11) is 0. The Balaban J connectivity index is 2.11. The number of fused-ring (bicyclic) bond motifs is 1. The molecule has 0 saturated carbocycles. The smallest absolute Gasteiger partial charge is 0.341 e. The summed E-state index contributed by atoms with van der Waals surface area (Å²) in [5.41, 5.74) is -0.103. The number of amides is 1. The van der Waals surface area contributed by atoms with E-state index >= 15 is 0 Å². The van der Waals surface area contributed by atoms with Gasteiger partial charge in [0.1, 0.15) is 27.7 Å². The van der Waals surface area contributed by atoms with E-state index in [0.29, 0.717) is 6.42 Å². The van der Waals surface area contributed by atoms with Crippen molar-refractivity contribution < 1.29 is 28.4 Å². The van der Waals surface area contributed by atoms with Gasteiger partial charge < -0.3 is 15.4 Å². The number of hydrogen-bond donors (Lipinski definition) is 2. The second kappa shape index (κ2) is 7.50. The molecule has 1 amide bonds. The van der Waals surface area contributed by atoms with Crippen LogP contribution in [0.5, 0.6) is 0 Å². The lowest BCUT2D eigenvalue weighted by Gasteiger charge is -2.38. The number of hydrogen-bond acceptors (Lipinski definition) is 4. The first-order chi connectivity index (χ1) is 13.5. The number of carbonyl (C=O) groups is 2. The molecule has 0 unspecified atom stereocenters. The second-order valence-corrected chi connectivity index (χ2v) is 9.44.